The molecule has 4 nitrogen and oxygen atoms in total. The summed E-state index contributed by atoms with van der Waals surface area (Å²) in [6.45, 7) is 0.0134. The van der Waals surface area contributed by atoms with Crippen molar-refractivity contribution in [3.8, 4) is 0 Å². The molecule has 5 heteroatoms. The topological polar surface area (TPSA) is 66.0 Å². The number of rotatable bonds is 2. The standard InChI is InChI=1S/C12H14N2O2S/c15-6-5-9-13-11(16)10-7-3-1-2-4-8(7)17-12(10)14-9/h15H,1-6H2,(H,13,14,16). The van der Waals surface area contributed by atoms with Crippen molar-refractivity contribution in [3.05, 3.63) is 26.6 Å². The van der Waals surface area contributed by atoms with Gasteiger partial charge in [0.15, 0.2) is 0 Å². The van der Waals surface area contributed by atoms with Crippen LogP contribution in [-0.4, -0.2) is 21.7 Å². The molecule has 17 heavy (non-hydrogen) atoms. The summed E-state index contributed by atoms with van der Waals surface area (Å²) < 4.78 is 0. The Morgan fingerprint density at radius 3 is 3.00 bits per heavy atom. The first-order valence-electron chi connectivity index (χ1n) is 5.94. The van der Waals surface area contributed by atoms with Crippen molar-refractivity contribution in [2.75, 3.05) is 6.61 Å². The van der Waals surface area contributed by atoms with Crippen molar-refractivity contribution in [2.45, 2.75) is 32.1 Å². The molecule has 0 fully saturated rings. The number of fused-ring (bicyclic) bond motifs is 3. The fraction of sp³-hybridized carbons (Fsp3) is 0.500. The number of aromatic nitrogens is 2. The molecule has 1 aliphatic rings. The van der Waals surface area contributed by atoms with Gasteiger partial charge < -0.3 is 10.1 Å². The number of aliphatic hydroxyl groups is 1. The number of hydrogen-bond donors (Lipinski definition) is 2. The van der Waals surface area contributed by atoms with Gasteiger partial charge in [-0.05, 0) is 31.2 Å². The molecule has 0 unspecified atom stereocenters. The second kappa shape index (κ2) is 4.23. The average molecular weight is 250 g/mol. The molecule has 0 atom stereocenters. The van der Waals surface area contributed by atoms with E-state index >= 15 is 0 Å². The maximum absolute atomic E-state index is 12.0. The quantitative estimate of drug-likeness (QED) is 0.846. The van der Waals surface area contributed by atoms with Gasteiger partial charge in [-0.25, -0.2) is 4.98 Å². The van der Waals surface area contributed by atoms with Crippen LogP contribution in [0, 0.1) is 0 Å². The Morgan fingerprint density at radius 2 is 2.18 bits per heavy atom. The fourth-order valence-electron chi connectivity index (χ4n) is 2.43. The number of hydrogen-bond acceptors (Lipinski definition) is 4. The second-order valence-electron chi connectivity index (χ2n) is 4.38. The maximum atomic E-state index is 12.0. The van der Waals surface area contributed by atoms with Gasteiger partial charge in [-0.1, -0.05) is 0 Å². The number of nitrogens with one attached hydrogen (secondary N) is 1. The molecule has 0 aliphatic heterocycles. The van der Waals surface area contributed by atoms with E-state index in [4.69, 9.17) is 5.11 Å². The third-order valence-electron chi connectivity index (χ3n) is 3.22. The summed E-state index contributed by atoms with van der Waals surface area (Å²) in [4.78, 5) is 21.4. The van der Waals surface area contributed by atoms with Crippen LogP contribution in [0.5, 0.6) is 0 Å². The highest BCUT2D eigenvalue weighted by molar-refractivity contribution is 7.18. The van der Waals surface area contributed by atoms with E-state index in [0.29, 0.717) is 12.2 Å². The molecule has 0 aromatic carbocycles. The van der Waals surface area contributed by atoms with Crippen LogP contribution < -0.4 is 5.56 Å². The van der Waals surface area contributed by atoms with Crippen LogP contribution in [0.3, 0.4) is 0 Å². The number of aromatic amines is 1. The van der Waals surface area contributed by atoms with Crippen molar-refractivity contribution < 1.29 is 5.11 Å². The molecule has 2 heterocycles. The molecule has 0 spiro atoms. The largest absolute Gasteiger partial charge is 0.396 e. The Hall–Kier alpha value is -1.20. The Balaban J connectivity index is 2.23. The highest BCUT2D eigenvalue weighted by atomic mass is 32.1. The van der Waals surface area contributed by atoms with E-state index in [9.17, 15) is 4.79 Å². The van der Waals surface area contributed by atoms with Crippen LogP contribution in [0.1, 0.15) is 29.1 Å². The monoisotopic (exact) mass is 250 g/mol. The van der Waals surface area contributed by atoms with E-state index in [1.165, 1.54) is 16.9 Å². The van der Waals surface area contributed by atoms with Gasteiger partial charge in [0.05, 0.1) is 12.0 Å². The lowest BCUT2D eigenvalue weighted by Crippen LogP contribution is -2.13. The molecule has 0 saturated carbocycles. The molecular weight excluding hydrogens is 236 g/mol. The first-order valence-corrected chi connectivity index (χ1v) is 6.75. The lowest BCUT2D eigenvalue weighted by atomic mass is 9.97. The number of aliphatic hydroxyl groups excluding tert-OH is 1. The highest BCUT2D eigenvalue weighted by Gasteiger charge is 2.19. The van der Waals surface area contributed by atoms with Crippen LogP contribution in [0.4, 0.5) is 0 Å². The third kappa shape index (κ3) is 1.79. The van der Waals surface area contributed by atoms with Crippen LogP contribution in [0.25, 0.3) is 10.2 Å². The zero-order valence-corrected chi connectivity index (χ0v) is 10.3. The summed E-state index contributed by atoms with van der Waals surface area (Å²) in [5.74, 6) is 0.587. The normalized spacial score (nSPS) is 15.1. The number of aryl methyl sites for hydroxylation is 2. The van der Waals surface area contributed by atoms with Gasteiger partial charge in [-0.15, -0.1) is 11.3 Å². The molecular formula is C12H14N2O2S. The van der Waals surface area contributed by atoms with Crippen LogP contribution in [0.15, 0.2) is 4.79 Å². The Bertz CT molecular complexity index is 615. The van der Waals surface area contributed by atoms with Gasteiger partial charge in [0, 0.05) is 11.3 Å². The predicted octanol–water partition coefficient (Wildman–Crippen LogP) is 1.40. The van der Waals surface area contributed by atoms with Gasteiger partial charge in [0.25, 0.3) is 5.56 Å². The van der Waals surface area contributed by atoms with E-state index in [-0.39, 0.29) is 12.2 Å². The summed E-state index contributed by atoms with van der Waals surface area (Å²) in [5, 5.41) is 9.67. The predicted molar refractivity (Wildman–Crippen MR) is 67.7 cm³/mol. The van der Waals surface area contributed by atoms with Crippen molar-refractivity contribution in [1.82, 2.24) is 9.97 Å². The van der Waals surface area contributed by atoms with Crippen molar-refractivity contribution in [1.29, 1.82) is 0 Å². The molecule has 2 N–H and O–H groups in total. The van der Waals surface area contributed by atoms with Gasteiger partial charge in [-0.2, -0.15) is 0 Å². The van der Waals surface area contributed by atoms with Gasteiger partial charge in [0.2, 0.25) is 0 Å². The number of nitrogens with zero attached hydrogens (tertiary/aromatic N) is 1. The van der Waals surface area contributed by atoms with E-state index in [2.05, 4.69) is 9.97 Å². The lowest BCUT2D eigenvalue weighted by Gasteiger charge is -2.09. The molecule has 2 aromatic heterocycles. The summed E-state index contributed by atoms with van der Waals surface area (Å²) in [7, 11) is 0. The Morgan fingerprint density at radius 1 is 1.35 bits per heavy atom. The van der Waals surface area contributed by atoms with Gasteiger partial charge >= 0.3 is 0 Å². The number of H-pyrrole nitrogens is 1. The molecule has 2 aromatic rings. The van der Waals surface area contributed by atoms with E-state index in [1.807, 2.05) is 0 Å². The first kappa shape index (κ1) is 10.9. The minimum Gasteiger partial charge on any atom is -0.396 e. The minimum atomic E-state index is -0.0437. The smallest absolute Gasteiger partial charge is 0.259 e. The SMILES string of the molecule is O=c1[nH]c(CCO)nc2sc3c(c12)CCCC3. The molecule has 90 valence electrons. The zero-order valence-electron chi connectivity index (χ0n) is 9.45. The summed E-state index contributed by atoms with van der Waals surface area (Å²) in [5.41, 5.74) is 1.17. The minimum absolute atomic E-state index is 0.0134. The second-order valence-corrected chi connectivity index (χ2v) is 5.46. The van der Waals surface area contributed by atoms with Crippen LogP contribution in [0.2, 0.25) is 0 Å². The van der Waals surface area contributed by atoms with Crippen LogP contribution >= 0.6 is 11.3 Å². The molecule has 3 rings (SSSR count). The first-order chi connectivity index (χ1) is 8.29. The molecule has 0 saturated heterocycles. The van der Waals surface area contributed by atoms with E-state index < -0.39 is 0 Å². The molecule has 0 radical (unpaired) electrons. The fourth-order valence-corrected chi connectivity index (χ4v) is 3.71. The van der Waals surface area contributed by atoms with E-state index in [0.717, 1.165) is 29.5 Å². The zero-order chi connectivity index (χ0) is 11.8. The van der Waals surface area contributed by atoms with Gasteiger partial charge in [0.1, 0.15) is 10.7 Å². The van der Waals surface area contributed by atoms with Crippen LogP contribution in [-0.2, 0) is 19.3 Å². The summed E-state index contributed by atoms with van der Waals surface area (Å²) in [6, 6.07) is 0. The van der Waals surface area contributed by atoms with Crippen molar-refractivity contribution in [2.24, 2.45) is 0 Å². The third-order valence-corrected chi connectivity index (χ3v) is 4.41. The maximum Gasteiger partial charge on any atom is 0.259 e. The average Bonchev–Trinajstić information content (AvgIpc) is 2.67. The summed E-state index contributed by atoms with van der Waals surface area (Å²) in [6.07, 6.45) is 4.86. The lowest BCUT2D eigenvalue weighted by molar-refractivity contribution is 0.296. The highest BCUT2D eigenvalue weighted by Crippen LogP contribution is 2.33. The van der Waals surface area contributed by atoms with Gasteiger partial charge in [-0.3, -0.25) is 4.79 Å². The molecule has 0 amide bonds. The summed E-state index contributed by atoms with van der Waals surface area (Å²) >= 11 is 1.64. The van der Waals surface area contributed by atoms with E-state index in [1.54, 1.807) is 11.3 Å². The van der Waals surface area contributed by atoms with Crippen molar-refractivity contribution >= 4 is 21.6 Å². The molecule has 0 bridgehead atoms. The Labute approximate surface area is 102 Å². The Kier molecular flexibility index (Phi) is 2.72. The molecule has 1 aliphatic carbocycles. The van der Waals surface area contributed by atoms with Crippen molar-refractivity contribution in [3.63, 3.8) is 0 Å². The number of thiophene rings is 1.